The molecule has 0 bridgehead atoms. The molecule has 0 spiro atoms. The van der Waals surface area contributed by atoms with Crippen LogP contribution in [-0.2, 0) is 27.2 Å². The van der Waals surface area contributed by atoms with Gasteiger partial charge in [-0.3, -0.25) is 14.4 Å². The van der Waals surface area contributed by atoms with Crippen LogP contribution < -0.4 is 11.1 Å². The minimum atomic E-state index is -0.867. The lowest BCUT2D eigenvalue weighted by Crippen LogP contribution is -2.57. The summed E-state index contributed by atoms with van der Waals surface area (Å²) in [6, 6.07) is 21.8. The van der Waals surface area contributed by atoms with Gasteiger partial charge in [-0.05, 0) is 21.9 Å². The first kappa shape index (κ1) is 27.2. The Labute approximate surface area is 217 Å². The fourth-order valence-corrected chi connectivity index (χ4v) is 4.54. The van der Waals surface area contributed by atoms with Crippen molar-refractivity contribution in [1.82, 2.24) is 15.1 Å². The molecule has 0 aromatic heterocycles. The second-order valence-corrected chi connectivity index (χ2v) is 8.95. The molecule has 0 aliphatic carbocycles. The second-order valence-electron chi connectivity index (χ2n) is 8.68. The highest BCUT2D eigenvalue weighted by Crippen LogP contribution is 2.20. The van der Waals surface area contributed by atoms with Gasteiger partial charge < -0.3 is 20.9 Å². The first-order valence-corrected chi connectivity index (χ1v) is 12.5. The molecular formula is C28H33ClN4O3. The van der Waals surface area contributed by atoms with E-state index < -0.39 is 12.1 Å². The molecule has 0 saturated carbocycles. The van der Waals surface area contributed by atoms with Crippen molar-refractivity contribution >= 4 is 40.1 Å². The van der Waals surface area contributed by atoms with Crippen LogP contribution in [0.3, 0.4) is 0 Å². The molecule has 0 aliphatic rings. The van der Waals surface area contributed by atoms with Crippen molar-refractivity contribution in [2.45, 2.75) is 24.9 Å². The fourth-order valence-electron chi connectivity index (χ4n) is 4.39. The van der Waals surface area contributed by atoms with Gasteiger partial charge in [-0.2, -0.15) is 0 Å². The summed E-state index contributed by atoms with van der Waals surface area (Å²) in [6.07, 6.45) is 0.605. The molecule has 3 N–H and O–H groups in total. The number of benzene rings is 3. The summed E-state index contributed by atoms with van der Waals surface area (Å²) < 4.78 is 0. The zero-order chi connectivity index (χ0) is 26.1. The van der Waals surface area contributed by atoms with Gasteiger partial charge in [0.25, 0.3) is 0 Å². The van der Waals surface area contributed by atoms with E-state index in [4.69, 9.17) is 17.3 Å². The molecule has 3 aromatic carbocycles. The topological polar surface area (TPSA) is 95.7 Å². The normalized spacial score (nSPS) is 12.6. The Morgan fingerprint density at radius 1 is 0.889 bits per heavy atom. The Balaban J connectivity index is 1.97. The van der Waals surface area contributed by atoms with Gasteiger partial charge in [0.2, 0.25) is 17.7 Å². The molecule has 0 fully saturated rings. The zero-order valence-electron chi connectivity index (χ0n) is 20.7. The van der Waals surface area contributed by atoms with Crippen molar-refractivity contribution in [3.8, 4) is 0 Å². The smallest absolute Gasteiger partial charge is 0.246 e. The summed E-state index contributed by atoms with van der Waals surface area (Å²) >= 11 is 5.91. The van der Waals surface area contributed by atoms with Gasteiger partial charge in [0, 0.05) is 40.0 Å². The van der Waals surface area contributed by atoms with Crippen LogP contribution in [0.4, 0.5) is 0 Å². The highest BCUT2D eigenvalue weighted by molar-refractivity contribution is 6.27. The highest BCUT2D eigenvalue weighted by atomic mass is 35.5. The van der Waals surface area contributed by atoms with Gasteiger partial charge in [0.15, 0.2) is 0 Å². The maximum absolute atomic E-state index is 14.0. The molecular weight excluding hydrogens is 476 g/mol. The number of rotatable bonds is 11. The van der Waals surface area contributed by atoms with Crippen LogP contribution in [0.25, 0.3) is 10.8 Å². The number of alkyl halides is 1. The summed E-state index contributed by atoms with van der Waals surface area (Å²) in [5.41, 5.74) is 7.63. The number of fused-ring (bicyclic) bond motifs is 1. The number of hydrogen-bond donors (Lipinski definition) is 2. The van der Waals surface area contributed by atoms with E-state index in [0.717, 1.165) is 21.9 Å². The van der Waals surface area contributed by atoms with Gasteiger partial charge in [-0.15, -0.1) is 11.6 Å². The molecule has 3 rings (SSSR count). The number of hydrogen-bond acceptors (Lipinski definition) is 4. The number of halogens is 1. The summed E-state index contributed by atoms with van der Waals surface area (Å²) in [5, 5.41) is 4.78. The van der Waals surface area contributed by atoms with Crippen molar-refractivity contribution in [2.75, 3.05) is 33.1 Å². The maximum atomic E-state index is 14.0. The first-order valence-electron chi connectivity index (χ1n) is 11.9. The number of nitrogens with one attached hydrogen (secondary N) is 1. The molecule has 36 heavy (non-hydrogen) atoms. The Morgan fingerprint density at radius 2 is 1.53 bits per heavy atom. The molecule has 0 radical (unpaired) electrons. The number of likely N-dealkylation sites (N-methyl/N-ethyl adjacent to an activating group) is 2. The van der Waals surface area contributed by atoms with Gasteiger partial charge >= 0.3 is 0 Å². The van der Waals surface area contributed by atoms with E-state index >= 15 is 0 Å². The minimum Gasteiger partial charge on any atom is -0.357 e. The SMILES string of the molecule is CNC(=O)[C@@H](Cc1ccccc1)N(C)C(=O)[C@@H](Cc1ccc2ccccc2c1)N(CCN)C(=O)CCl. The van der Waals surface area contributed by atoms with E-state index in [1.807, 2.05) is 72.8 Å². The lowest BCUT2D eigenvalue weighted by molar-refractivity contribution is -0.147. The Morgan fingerprint density at radius 3 is 2.17 bits per heavy atom. The lowest BCUT2D eigenvalue weighted by Gasteiger charge is -2.36. The van der Waals surface area contributed by atoms with Crippen molar-refractivity contribution in [2.24, 2.45) is 5.73 Å². The van der Waals surface area contributed by atoms with Crippen LogP contribution in [0.15, 0.2) is 72.8 Å². The molecule has 0 saturated heterocycles. The van der Waals surface area contributed by atoms with Crippen molar-refractivity contribution in [1.29, 1.82) is 0 Å². The average molecular weight is 509 g/mol. The molecule has 0 unspecified atom stereocenters. The predicted octanol–water partition coefficient (Wildman–Crippen LogP) is 2.59. The number of nitrogens with zero attached hydrogens (tertiary/aromatic N) is 2. The molecule has 0 aliphatic heterocycles. The average Bonchev–Trinajstić information content (AvgIpc) is 2.92. The zero-order valence-corrected chi connectivity index (χ0v) is 21.4. The lowest BCUT2D eigenvalue weighted by atomic mass is 9.98. The fraction of sp³-hybridized carbons (Fsp3) is 0.321. The van der Waals surface area contributed by atoms with Crippen LogP contribution in [0.1, 0.15) is 11.1 Å². The molecule has 0 heterocycles. The molecule has 7 nitrogen and oxygen atoms in total. The quantitative estimate of drug-likeness (QED) is 0.389. The minimum absolute atomic E-state index is 0.173. The number of nitrogens with two attached hydrogens (primary N) is 1. The first-order chi connectivity index (χ1) is 17.4. The third-order valence-corrected chi connectivity index (χ3v) is 6.57. The molecule has 2 atom stereocenters. The van der Waals surface area contributed by atoms with Gasteiger partial charge in [0.1, 0.15) is 18.0 Å². The van der Waals surface area contributed by atoms with Gasteiger partial charge in [-0.25, -0.2) is 0 Å². The largest absolute Gasteiger partial charge is 0.357 e. The van der Waals surface area contributed by atoms with E-state index in [1.54, 1.807) is 14.1 Å². The summed E-state index contributed by atoms with van der Waals surface area (Å²) in [7, 11) is 3.15. The highest BCUT2D eigenvalue weighted by Gasteiger charge is 2.35. The van der Waals surface area contributed by atoms with E-state index in [0.29, 0.717) is 6.42 Å². The van der Waals surface area contributed by atoms with Crippen LogP contribution in [0.5, 0.6) is 0 Å². The van der Waals surface area contributed by atoms with E-state index in [2.05, 4.69) is 5.32 Å². The number of amides is 3. The van der Waals surface area contributed by atoms with Crippen LogP contribution in [-0.4, -0.2) is 72.7 Å². The van der Waals surface area contributed by atoms with E-state index in [9.17, 15) is 14.4 Å². The predicted molar refractivity (Wildman–Crippen MR) is 144 cm³/mol. The van der Waals surface area contributed by atoms with E-state index in [1.165, 1.54) is 9.80 Å². The van der Waals surface area contributed by atoms with Crippen LogP contribution in [0, 0.1) is 0 Å². The number of carbonyl (C=O) groups is 3. The summed E-state index contributed by atoms with van der Waals surface area (Å²) in [6.45, 7) is 0.351. The van der Waals surface area contributed by atoms with E-state index in [-0.39, 0.29) is 43.1 Å². The standard InChI is InChI=1S/C28H33ClN4O3/c1-31-27(35)24(17-20-8-4-3-5-9-20)32(2)28(36)25(33(15-14-30)26(34)19-29)18-21-12-13-22-10-6-7-11-23(22)16-21/h3-13,16,24-25H,14-15,17-19,30H2,1-2H3,(H,31,35)/t24-,25-/m1/s1. The third-order valence-electron chi connectivity index (χ3n) is 6.34. The Kier molecular flexibility index (Phi) is 9.85. The summed E-state index contributed by atoms with van der Waals surface area (Å²) in [5.74, 6) is -1.28. The maximum Gasteiger partial charge on any atom is 0.246 e. The molecule has 8 heteroatoms. The molecule has 3 aromatic rings. The molecule has 3 amide bonds. The monoisotopic (exact) mass is 508 g/mol. The Hall–Kier alpha value is -3.42. The number of carbonyl (C=O) groups excluding carboxylic acids is 3. The molecule has 190 valence electrons. The summed E-state index contributed by atoms with van der Waals surface area (Å²) in [4.78, 5) is 42.5. The third kappa shape index (κ3) is 6.62. The van der Waals surface area contributed by atoms with Crippen LogP contribution >= 0.6 is 11.6 Å². The Bertz CT molecular complexity index is 1190. The van der Waals surface area contributed by atoms with Gasteiger partial charge in [-0.1, -0.05) is 72.8 Å². The second kappa shape index (κ2) is 13.0. The van der Waals surface area contributed by atoms with Gasteiger partial charge in [0.05, 0.1) is 0 Å². The van der Waals surface area contributed by atoms with Crippen LogP contribution in [0.2, 0.25) is 0 Å². The van der Waals surface area contributed by atoms with Crippen molar-refractivity contribution in [3.05, 3.63) is 83.9 Å². The van der Waals surface area contributed by atoms with Crippen molar-refractivity contribution in [3.63, 3.8) is 0 Å². The van der Waals surface area contributed by atoms with Crippen molar-refractivity contribution < 1.29 is 14.4 Å².